The molecule has 0 radical (unpaired) electrons. The van der Waals surface area contributed by atoms with E-state index in [1.165, 1.54) is 23.1 Å². The molecule has 0 saturated carbocycles. The third-order valence-corrected chi connectivity index (χ3v) is 5.48. The van der Waals surface area contributed by atoms with Crippen molar-refractivity contribution in [1.82, 2.24) is 15.5 Å². The minimum atomic E-state index is -0.413. The molecule has 0 fully saturated rings. The van der Waals surface area contributed by atoms with Gasteiger partial charge in [-0.1, -0.05) is 53.4 Å². The van der Waals surface area contributed by atoms with E-state index >= 15 is 0 Å². The summed E-state index contributed by atoms with van der Waals surface area (Å²) < 4.78 is 6.23. The minimum absolute atomic E-state index is 0.0972. The van der Waals surface area contributed by atoms with Gasteiger partial charge in [0.05, 0.1) is 5.75 Å². The second kappa shape index (κ2) is 8.97. The standard InChI is InChI=1S/C16H13BrN4O3S2/c17-12-7-6-11(24-12)14(23)19-15-20-21-16(26-15)25-9-13(22)18-8-10-4-2-1-3-5-10/h1-7H,8-9H2,(H,18,22)(H,19,20,23). The molecule has 2 N–H and O–H groups in total. The van der Waals surface area contributed by atoms with Crippen molar-refractivity contribution < 1.29 is 14.0 Å². The van der Waals surface area contributed by atoms with Crippen molar-refractivity contribution in [3.8, 4) is 0 Å². The molecule has 26 heavy (non-hydrogen) atoms. The van der Waals surface area contributed by atoms with Gasteiger partial charge in [0.2, 0.25) is 11.0 Å². The summed E-state index contributed by atoms with van der Waals surface area (Å²) in [6, 6.07) is 12.9. The summed E-state index contributed by atoms with van der Waals surface area (Å²) in [4.78, 5) is 23.9. The van der Waals surface area contributed by atoms with Crippen LogP contribution in [0, 0.1) is 0 Å². The monoisotopic (exact) mass is 452 g/mol. The van der Waals surface area contributed by atoms with E-state index in [-0.39, 0.29) is 17.4 Å². The van der Waals surface area contributed by atoms with Crippen LogP contribution in [0.25, 0.3) is 0 Å². The molecule has 0 saturated heterocycles. The Morgan fingerprint density at radius 3 is 2.69 bits per heavy atom. The van der Waals surface area contributed by atoms with Crippen LogP contribution in [-0.4, -0.2) is 27.8 Å². The van der Waals surface area contributed by atoms with Crippen molar-refractivity contribution in [3.05, 3.63) is 58.5 Å². The SMILES string of the molecule is O=C(CSc1nnc(NC(=O)c2ccc(Br)o2)s1)NCc1ccccc1. The largest absolute Gasteiger partial charge is 0.444 e. The van der Waals surface area contributed by atoms with Crippen LogP contribution in [0.1, 0.15) is 16.1 Å². The first-order valence-electron chi connectivity index (χ1n) is 7.44. The molecule has 0 aliphatic rings. The molecule has 3 aromatic rings. The average molecular weight is 453 g/mol. The predicted molar refractivity (Wildman–Crippen MR) is 103 cm³/mol. The lowest BCUT2D eigenvalue weighted by Gasteiger charge is -2.03. The molecule has 0 atom stereocenters. The molecule has 134 valence electrons. The number of hydrogen-bond acceptors (Lipinski definition) is 7. The van der Waals surface area contributed by atoms with Crippen LogP contribution < -0.4 is 10.6 Å². The Morgan fingerprint density at radius 1 is 1.15 bits per heavy atom. The number of nitrogens with one attached hydrogen (secondary N) is 2. The molecule has 2 aromatic heterocycles. The zero-order chi connectivity index (χ0) is 18.4. The number of carbonyl (C=O) groups excluding carboxylic acids is 2. The van der Waals surface area contributed by atoms with E-state index in [1.54, 1.807) is 12.1 Å². The Hall–Kier alpha value is -2.17. The van der Waals surface area contributed by atoms with Gasteiger partial charge in [-0.25, -0.2) is 0 Å². The summed E-state index contributed by atoms with van der Waals surface area (Å²) in [7, 11) is 0. The summed E-state index contributed by atoms with van der Waals surface area (Å²) in [6.07, 6.45) is 0. The topological polar surface area (TPSA) is 97.1 Å². The number of amides is 2. The first kappa shape index (κ1) is 18.6. The van der Waals surface area contributed by atoms with Gasteiger partial charge in [0.25, 0.3) is 5.91 Å². The Morgan fingerprint density at radius 2 is 1.96 bits per heavy atom. The number of hydrogen-bond donors (Lipinski definition) is 2. The van der Waals surface area contributed by atoms with Crippen LogP contribution in [0.15, 0.2) is 55.9 Å². The third-order valence-electron chi connectivity index (χ3n) is 3.08. The third kappa shape index (κ3) is 5.41. The number of rotatable bonds is 7. The van der Waals surface area contributed by atoms with Gasteiger partial charge < -0.3 is 9.73 Å². The van der Waals surface area contributed by atoms with Crippen LogP contribution >= 0.6 is 39.0 Å². The van der Waals surface area contributed by atoms with E-state index in [0.717, 1.165) is 5.56 Å². The molecule has 2 amide bonds. The van der Waals surface area contributed by atoms with Crippen LogP contribution in [-0.2, 0) is 11.3 Å². The van der Waals surface area contributed by atoms with Crippen molar-refractivity contribution in [2.24, 2.45) is 0 Å². The number of nitrogens with zero attached hydrogens (tertiary/aromatic N) is 2. The lowest BCUT2D eigenvalue weighted by molar-refractivity contribution is -0.118. The average Bonchev–Trinajstić information content (AvgIpc) is 3.28. The van der Waals surface area contributed by atoms with Crippen molar-refractivity contribution in [1.29, 1.82) is 0 Å². The van der Waals surface area contributed by atoms with E-state index in [4.69, 9.17) is 4.42 Å². The highest BCUT2D eigenvalue weighted by atomic mass is 79.9. The molecule has 10 heteroatoms. The summed E-state index contributed by atoms with van der Waals surface area (Å²) in [5.41, 5.74) is 1.04. The van der Waals surface area contributed by atoms with Crippen molar-refractivity contribution in [2.75, 3.05) is 11.1 Å². The maximum absolute atomic E-state index is 12.0. The molecule has 3 rings (SSSR count). The summed E-state index contributed by atoms with van der Waals surface area (Å²) >= 11 is 5.60. The number of carbonyl (C=O) groups is 2. The van der Waals surface area contributed by atoms with Crippen LogP contribution in [0.5, 0.6) is 0 Å². The Kier molecular flexibility index (Phi) is 6.42. The molecule has 2 heterocycles. The van der Waals surface area contributed by atoms with Gasteiger partial charge in [-0.3, -0.25) is 14.9 Å². The zero-order valence-corrected chi connectivity index (χ0v) is 16.5. The smallest absolute Gasteiger partial charge is 0.293 e. The number of aromatic nitrogens is 2. The van der Waals surface area contributed by atoms with Crippen LogP contribution in [0.4, 0.5) is 5.13 Å². The first-order chi connectivity index (χ1) is 12.6. The fourth-order valence-electron chi connectivity index (χ4n) is 1.89. The Balaban J connectivity index is 1.44. The van der Waals surface area contributed by atoms with E-state index in [0.29, 0.717) is 20.7 Å². The van der Waals surface area contributed by atoms with Gasteiger partial charge in [-0.15, -0.1) is 10.2 Å². The normalized spacial score (nSPS) is 10.5. The van der Waals surface area contributed by atoms with E-state index in [2.05, 4.69) is 36.8 Å². The highest BCUT2D eigenvalue weighted by Gasteiger charge is 2.14. The molecule has 0 bridgehead atoms. The molecule has 0 aliphatic carbocycles. The van der Waals surface area contributed by atoms with E-state index in [1.807, 2.05) is 30.3 Å². The van der Waals surface area contributed by atoms with Gasteiger partial charge in [-0.2, -0.15) is 0 Å². The number of anilines is 1. The van der Waals surface area contributed by atoms with Gasteiger partial charge in [0.15, 0.2) is 14.8 Å². The molecule has 1 aromatic carbocycles. The van der Waals surface area contributed by atoms with Crippen molar-refractivity contribution >= 4 is 56.0 Å². The van der Waals surface area contributed by atoms with Gasteiger partial charge >= 0.3 is 0 Å². The second-order valence-corrected chi connectivity index (χ2v) is 7.96. The lowest BCUT2D eigenvalue weighted by atomic mass is 10.2. The van der Waals surface area contributed by atoms with Crippen LogP contribution in [0.2, 0.25) is 0 Å². The van der Waals surface area contributed by atoms with Crippen LogP contribution in [0.3, 0.4) is 0 Å². The van der Waals surface area contributed by atoms with Gasteiger partial charge in [-0.05, 0) is 33.6 Å². The maximum Gasteiger partial charge on any atom is 0.293 e. The van der Waals surface area contributed by atoms with Crippen molar-refractivity contribution in [3.63, 3.8) is 0 Å². The highest BCUT2D eigenvalue weighted by molar-refractivity contribution is 9.10. The zero-order valence-electron chi connectivity index (χ0n) is 13.3. The molecule has 0 unspecified atom stereocenters. The number of furan rings is 1. The summed E-state index contributed by atoms with van der Waals surface area (Å²) in [5, 5.41) is 13.6. The quantitative estimate of drug-likeness (QED) is 0.420. The fourth-order valence-corrected chi connectivity index (χ4v) is 3.77. The number of benzene rings is 1. The maximum atomic E-state index is 12.0. The summed E-state index contributed by atoms with van der Waals surface area (Å²) in [5.74, 6) is -0.119. The fraction of sp³-hybridized carbons (Fsp3) is 0.125. The Labute approximate surface area is 165 Å². The molecule has 7 nitrogen and oxygen atoms in total. The highest BCUT2D eigenvalue weighted by Crippen LogP contribution is 2.26. The number of halogens is 1. The molecular weight excluding hydrogens is 440 g/mol. The predicted octanol–water partition coefficient (Wildman–Crippen LogP) is 3.55. The summed E-state index contributed by atoms with van der Waals surface area (Å²) in [6.45, 7) is 0.483. The minimum Gasteiger partial charge on any atom is -0.444 e. The van der Waals surface area contributed by atoms with Gasteiger partial charge in [0, 0.05) is 6.54 Å². The molecule has 0 spiro atoms. The molecular formula is C16H13BrN4O3S2. The lowest BCUT2D eigenvalue weighted by Crippen LogP contribution is -2.24. The van der Waals surface area contributed by atoms with Gasteiger partial charge in [0.1, 0.15) is 0 Å². The first-order valence-corrected chi connectivity index (χ1v) is 10.0. The van der Waals surface area contributed by atoms with Crippen molar-refractivity contribution in [2.45, 2.75) is 10.9 Å². The number of thioether (sulfide) groups is 1. The molecule has 0 aliphatic heterocycles. The van der Waals surface area contributed by atoms with E-state index in [9.17, 15) is 9.59 Å². The van der Waals surface area contributed by atoms with E-state index < -0.39 is 5.91 Å². The second-order valence-electron chi connectivity index (χ2n) is 4.98. The Bertz CT molecular complexity index is 898.